The van der Waals surface area contributed by atoms with Gasteiger partial charge < -0.3 is 4.74 Å². The molecule has 1 saturated carbocycles. The molecule has 0 amide bonds. The molecular weight excluding hydrogens is 176 g/mol. The standard InChI is InChI=1S/C11H12N2O/c1-14-8-4-5-10-9(6-8)11(13-12-10)7-2-3-7/h4-7H,2-3H2,1H3,(H,12,13). The van der Waals surface area contributed by atoms with Gasteiger partial charge in [-0.3, -0.25) is 5.10 Å². The van der Waals surface area contributed by atoms with Crippen LogP contribution in [0, 0.1) is 0 Å². The van der Waals surface area contributed by atoms with E-state index in [4.69, 9.17) is 4.74 Å². The molecule has 0 radical (unpaired) electrons. The summed E-state index contributed by atoms with van der Waals surface area (Å²) in [6.07, 6.45) is 2.57. The molecule has 0 aliphatic heterocycles. The molecule has 1 aliphatic carbocycles. The van der Waals surface area contributed by atoms with E-state index in [2.05, 4.69) is 16.3 Å². The number of aromatic nitrogens is 2. The topological polar surface area (TPSA) is 37.9 Å². The molecule has 1 aromatic heterocycles. The Labute approximate surface area is 82.1 Å². The molecule has 1 fully saturated rings. The molecule has 3 nitrogen and oxygen atoms in total. The zero-order chi connectivity index (χ0) is 9.54. The number of nitrogens with zero attached hydrogens (tertiary/aromatic N) is 1. The summed E-state index contributed by atoms with van der Waals surface area (Å²) in [4.78, 5) is 0. The Bertz CT molecular complexity index is 471. The molecule has 3 rings (SSSR count). The van der Waals surface area contributed by atoms with Crippen molar-refractivity contribution in [1.29, 1.82) is 0 Å². The minimum Gasteiger partial charge on any atom is -0.497 e. The molecule has 1 aromatic carbocycles. The number of hydrogen-bond acceptors (Lipinski definition) is 2. The van der Waals surface area contributed by atoms with Gasteiger partial charge in [-0.15, -0.1) is 0 Å². The normalized spacial score (nSPS) is 16.1. The van der Waals surface area contributed by atoms with E-state index in [0.29, 0.717) is 5.92 Å². The summed E-state index contributed by atoms with van der Waals surface area (Å²) in [5, 5.41) is 8.61. The first-order valence-corrected chi connectivity index (χ1v) is 4.90. The lowest BCUT2D eigenvalue weighted by atomic mass is 10.1. The first-order valence-electron chi connectivity index (χ1n) is 4.90. The van der Waals surface area contributed by atoms with Gasteiger partial charge in [-0.2, -0.15) is 5.10 Å². The minimum absolute atomic E-state index is 0.701. The van der Waals surface area contributed by atoms with Gasteiger partial charge in [0.05, 0.1) is 12.6 Å². The van der Waals surface area contributed by atoms with Gasteiger partial charge in [-0.05, 0) is 31.0 Å². The zero-order valence-corrected chi connectivity index (χ0v) is 8.08. The maximum Gasteiger partial charge on any atom is 0.119 e. The predicted octanol–water partition coefficient (Wildman–Crippen LogP) is 2.45. The van der Waals surface area contributed by atoms with Crippen LogP contribution in [0.3, 0.4) is 0 Å². The van der Waals surface area contributed by atoms with Crippen LogP contribution >= 0.6 is 0 Å². The highest BCUT2D eigenvalue weighted by Gasteiger charge is 2.27. The number of hydrogen-bond donors (Lipinski definition) is 1. The van der Waals surface area contributed by atoms with Gasteiger partial charge in [0.25, 0.3) is 0 Å². The molecule has 0 bridgehead atoms. The average Bonchev–Trinajstić information content (AvgIpc) is 2.98. The van der Waals surface area contributed by atoms with Crippen molar-refractivity contribution in [2.24, 2.45) is 0 Å². The van der Waals surface area contributed by atoms with Crippen LogP contribution in [0.25, 0.3) is 10.9 Å². The Morgan fingerprint density at radius 1 is 1.43 bits per heavy atom. The second kappa shape index (κ2) is 2.74. The Hall–Kier alpha value is -1.51. The highest BCUT2D eigenvalue weighted by molar-refractivity contribution is 5.83. The number of benzene rings is 1. The lowest BCUT2D eigenvalue weighted by Crippen LogP contribution is -1.83. The Morgan fingerprint density at radius 2 is 2.29 bits per heavy atom. The molecule has 1 N–H and O–H groups in total. The van der Waals surface area contributed by atoms with Crippen LogP contribution < -0.4 is 4.74 Å². The number of methoxy groups -OCH3 is 1. The van der Waals surface area contributed by atoms with Crippen molar-refractivity contribution in [2.75, 3.05) is 7.11 Å². The molecule has 2 aromatic rings. The average molecular weight is 188 g/mol. The molecule has 3 heteroatoms. The first kappa shape index (κ1) is 7.85. The molecule has 1 aliphatic rings. The van der Waals surface area contributed by atoms with E-state index >= 15 is 0 Å². The Morgan fingerprint density at radius 3 is 3.00 bits per heavy atom. The van der Waals surface area contributed by atoms with Crippen molar-refractivity contribution in [1.82, 2.24) is 10.2 Å². The van der Waals surface area contributed by atoms with Crippen LogP contribution in [-0.4, -0.2) is 17.3 Å². The maximum absolute atomic E-state index is 5.21. The summed E-state index contributed by atoms with van der Waals surface area (Å²) in [6, 6.07) is 6.00. The predicted molar refractivity (Wildman–Crippen MR) is 54.6 cm³/mol. The van der Waals surface area contributed by atoms with Crippen LogP contribution in [0.15, 0.2) is 18.2 Å². The fourth-order valence-electron chi connectivity index (χ4n) is 1.82. The monoisotopic (exact) mass is 188 g/mol. The quantitative estimate of drug-likeness (QED) is 0.786. The lowest BCUT2D eigenvalue weighted by molar-refractivity contribution is 0.415. The van der Waals surface area contributed by atoms with Gasteiger partial charge in [0.15, 0.2) is 0 Å². The number of rotatable bonds is 2. The van der Waals surface area contributed by atoms with Crippen LogP contribution in [0.2, 0.25) is 0 Å². The van der Waals surface area contributed by atoms with Crippen molar-refractivity contribution in [3.8, 4) is 5.75 Å². The third-order valence-electron chi connectivity index (χ3n) is 2.78. The smallest absolute Gasteiger partial charge is 0.119 e. The van der Waals surface area contributed by atoms with E-state index in [1.807, 2.05) is 12.1 Å². The van der Waals surface area contributed by atoms with Crippen molar-refractivity contribution >= 4 is 10.9 Å². The van der Waals surface area contributed by atoms with Gasteiger partial charge in [0.2, 0.25) is 0 Å². The summed E-state index contributed by atoms with van der Waals surface area (Å²) in [5.41, 5.74) is 2.31. The van der Waals surface area contributed by atoms with E-state index < -0.39 is 0 Å². The number of H-pyrrole nitrogens is 1. The van der Waals surface area contributed by atoms with E-state index in [1.54, 1.807) is 7.11 Å². The number of aromatic amines is 1. The van der Waals surface area contributed by atoms with Crippen molar-refractivity contribution in [2.45, 2.75) is 18.8 Å². The second-order valence-corrected chi connectivity index (χ2v) is 3.79. The van der Waals surface area contributed by atoms with Gasteiger partial charge in [0, 0.05) is 17.0 Å². The highest BCUT2D eigenvalue weighted by atomic mass is 16.5. The SMILES string of the molecule is COc1ccc2n[nH]c(C3CC3)c2c1. The summed E-state index contributed by atoms with van der Waals surface area (Å²) in [5.74, 6) is 1.60. The van der Waals surface area contributed by atoms with Crippen LogP contribution in [-0.2, 0) is 0 Å². The molecule has 72 valence electrons. The van der Waals surface area contributed by atoms with Gasteiger partial charge in [0.1, 0.15) is 5.75 Å². The zero-order valence-electron chi connectivity index (χ0n) is 8.08. The first-order chi connectivity index (χ1) is 6.88. The highest BCUT2D eigenvalue weighted by Crippen LogP contribution is 2.42. The third kappa shape index (κ3) is 1.09. The fourth-order valence-corrected chi connectivity index (χ4v) is 1.82. The Balaban J connectivity index is 2.20. The number of fused-ring (bicyclic) bond motifs is 1. The Kier molecular flexibility index (Phi) is 1.54. The van der Waals surface area contributed by atoms with E-state index in [-0.39, 0.29) is 0 Å². The summed E-state index contributed by atoms with van der Waals surface area (Å²) in [6.45, 7) is 0. The number of nitrogens with one attached hydrogen (secondary N) is 1. The molecule has 14 heavy (non-hydrogen) atoms. The number of ether oxygens (including phenoxy) is 1. The molecule has 0 unspecified atom stereocenters. The van der Waals surface area contributed by atoms with E-state index in [1.165, 1.54) is 23.9 Å². The lowest BCUT2D eigenvalue weighted by Gasteiger charge is -1.99. The van der Waals surface area contributed by atoms with Crippen molar-refractivity contribution < 1.29 is 4.74 Å². The summed E-state index contributed by atoms with van der Waals surface area (Å²) < 4.78 is 5.21. The van der Waals surface area contributed by atoms with Gasteiger partial charge in [-0.25, -0.2) is 0 Å². The third-order valence-corrected chi connectivity index (χ3v) is 2.78. The van der Waals surface area contributed by atoms with E-state index in [9.17, 15) is 0 Å². The van der Waals surface area contributed by atoms with Gasteiger partial charge >= 0.3 is 0 Å². The molecule has 0 atom stereocenters. The molecule has 0 spiro atoms. The van der Waals surface area contributed by atoms with Crippen molar-refractivity contribution in [3.63, 3.8) is 0 Å². The van der Waals surface area contributed by atoms with Crippen molar-refractivity contribution in [3.05, 3.63) is 23.9 Å². The summed E-state index contributed by atoms with van der Waals surface area (Å²) in [7, 11) is 1.69. The van der Waals surface area contributed by atoms with E-state index in [0.717, 1.165) is 11.3 Å². The van der Waals surface area contributed by atoms with Crippen LogP contribution in [0.1, 0.15) is 24.5 Å². The van der Waals surface area contributed by atoms with Crippen LogP contribution in [0.5, 0.6) is 5.75 Å². The largest absolute Gasteiger partial charge is 0.497 e. The molecule has 1 heterocycles. The maximum atomic E-state index is 5.21. The molecular formula is C11H12N2O. The molecule has 0 saturated heterocycles. The van der Waals surface area contributed by atoms with Crippen LogP contribution in [0.4, 0.5) is 0 Å². The van der Waals surface area contributed by atoms with Gasteiger partial charge in [-0.1, -0.05) is 0 Å². The summed E-state index contributed by atoms with van der Waals surface area (Å²) >= 11 is 0. The fraction of sp³-hybridized carbons (Fsp3) is 0.364. The minimum atomic E-state index is 0.701. The second-order valence-electron chi connectivity index (χ2n) is 3.79.